The van der Waals surface area contributed by atoms with Crippen LogP contribution >= 0.6 is 62.3 Å². The predicted octanol–water partition coefficient (Wildman–Crippen LogP) is 7.02. The van der Waals surface area contributed by atoms with E-state index in [-0.39, 0.29) is 37.6 Å². The number of unbranched alkanes of at least 4 members (excludes halogenated alkanes) is 1. The molecule has 1 atom stereocenters. The Hall–Kier alpha value is -1.84. The molecule has 0 aliphatic carbocycles. The highest BCUT2D eigenvalue weighted by atomic mass is 79.9. The number of fused-ring (bicyclic) bond motifs is 1. The molecule has 3 amide bonds. The smallest absolute Gasteiger partial charge is 0.329 e. The summed E-state index contributed by atoms with van der Waals surface area (Å²) in [6.45, 7) is 5.01. The number of hydrogen-bond donors (Lipinski definition) is 1. The van der Waals surface area contributed by atoms with E-state index in [4.69, 9.17) is 51.1 Å². The SMILES string of the molecule is CCCC[C@H](C(=O)OCC(=O)Nc1ccc(Br)c(C)c1C)N1C(=O)c2c(Cl)c(Cl)c(Cl)c(Cl)c2C1=O. The molecule has 3 rings (SSSR count). The van der Waals surface area contributed by atoms with Crippen LogP contribution < -0.4 is 5.32 Å². The summed E-state index contributed by atoms with van der Waals surface area (Å²) in [6.07, 6.45) is 1.29. The number of amides is 3. The second kappa shape index (κ2) is 11.7. The van der Waals surface area contributed by atoms with Crippen molar-refractivity contribution in [1.82, 2.24) is 4.90 Å². The van der Waals surface area contributed by atoms with Crippen molar-refractivity contribution >= 4 is 91.7 Å². The summed E-state index contributed by atoms with van der Waals surface area (Å²) in [6, 6.07) is 2.21. The van der Waals surface area contributed by atoms with Crippen molar-refractivity contribution in [3.63, 3.8) is 0 Å². The van der Waals surface area contributed by atoms with Crippen LogP contribution in [-0.4, -0.2) is 41.2 Å². The molecule has 0 radical (unpaired) electrons. The molecule has 2 aromatic rings. The fourth-order valence-corrected chi connectivity index (χ4v) is 5.19. The van der Waals surface area contributed by atoms with E-state index in [1.807, 2.05) is 20.8 Å². The highest BCUT2D eigenvalue weighted by Gasteiger charge is 2.47. The number of anilines is 1. The molecule has 0 saturated heterocycles. The predicted molar refractivity (Wildman–Crippen MR) is 143 cm³/mol. The number of benzene rings is 2. The van der Waals surface area contributed by atoms with Gasteiger partial charge in [0.25, 0.3) is 17.7 Å². The van der Waals surface area contributed by atoms with Crippen molar-refractivity contribution < 1.29 is 23.9 Å². The summed E-state index contributed by atoms with van der Waals surface area (Å²) in [5, 5.41) is 1.88. The Morgan fingerprint density at radius 2 is 1.53 bits per heavy atom. The number of carbonyl (C=O) groups excluding carboxylic acids is 4. The van der Waals surface area contributed by atoms with Gasteiger partial charge in [0.2, 0.25) is 0 Å². The lowest BCUT2D eigenvalue weighted by molar-refractivity contribution is -0.151. The topological polar surface area (TPSA) is 92.8 Å². The van der Waals surface area contributed by atoms with E-state index in [0.29, 0.717) is 18.5 Å². The van der Waals surface area contributed by atoms with Gasteiger partial charge in [0.05, 0.1) is 31.2 Å². The van der Waals surface area contributed by atoms with Gasteiger partial charge >= 0.3 is 5.97 Å². The molecular weight excluding hydrogens is 618 g/mol. The lowest BCUT2D eigenvalue weighted by Gasteiger charge is -2.24. The maximum atomic E-state index is 13.2. The van der Waals surface area contributed by atoms with E-state index >= 15 is 0 Å². The van der Waals surface area contributed by atoms with Crippen molar-refractivity contribution in [2.45, 2.75) is 46.1 Å². The number of imide groups is 1. The van der Waals surface area contributed by atoms with Crippen LogP contribution in [0.5, 0.6) is 0 Å². The minimum absolute atomic E-state index is 0.115. The first-order valence-electron chi connectivity index (χ1n) is 10.9. The van der Waals surface area contributed by atoms with Gasteiger partial charge in [0, 0.05) is 10.2 Å². The number of nitrogens with zero attached hydrogens (tertiary/aromatic N) is 1. The van der Waals surface area contributed by atoms with Gasteiger partial charge in [-0.2, -0.15) is 0 Å². The molecule has 1 N–H and O–H groups in total. The number of rotatable bonds is 8. The largest absolute Gasteiger partial charge is 0.454 e. The molecule has 0 aromatic heterocycles. The zero-order chi connectivity index (χ0) is 26.9. The average Bonchev–Trinajstić information content (AvgIpc) is 3.10. The standard InChI is InChI=1S/C24H21BrCl4N2O5/c1-4-5-6-14(24(35)36-9-15(32)30-13-8-7-12(25)10(2)11(13)3)31-22(33)16-17(23(31)34)19(27)21(29)20(28)18(16)26/h7-8,14H,4-6,9H2,1-3H3,(H,30,32)/t14-/m1/s1. The first-order valence-corrected chi connectivity index (χ1v) is 13.2. The van der Waals surface area contributed by atoms with E-state index in [9.17, 15) is 19.2 Å². The highest BCUT2D eigenvalue weighted by molar-refractivity contribution is 9.10. The van der Waals surface area contributed by atoms with Gasteiger partial charge in [-0.25, -0.2) is 4.79 Å². The van der Waals surface area contributed by atoms with Crippen molar-refractivity contribution in [3.05, 3.63) is 58.9 Å². The molecule has 1 heterocycles. The Labute approximate surface area is 236 Å². The van der Waals surface area contributed by atoms with E-state index < -0.39 is 36.3 Å². The zero-order valence-electron chi connectivity index (χ0n) is 19.4. The van der Waals surface area contributed by atoms with Crippen LogP contribution in [0.25, 0.3) is 0 Å². The summed E-state index contributed by atoms with van der Waals surface area (Å²) in [5.41, 5.74) is 1.91. The second-order valence-electron chi connectivity index (χ2n) is 8.15. The van der Waals surface area contributed by atoms with E-state index in [1.54, 1.807) is 12.1 Å². The molecule has 1 aliphatic heterocycles. The summed E-state index contributed by atoms with van der Waals surface area (Å²) in [7, 11) is 0. The molecule has 0 spiro atoms. The fraction of sp³-hybridized carbons (Fsp3) is 0.333. The number of halogens is 5. The van der Waals surface area contributed by atoms with Gasteiger partial charge in [0.1, 0.15) is 6.04 Å². The fourth-order valence-electron chi connectivity index (χ4n) is 3.74. The number of nitrogens with one attached hydrogen (secondary N) is 1. The van der Waals surface area contributed by atoms with Crippen LogP contribution in [0.1, 0.15) is 58.0 Å². The Bertz CT molecular complexity index is 1240. The summed E-state index contributed by atoms with van der Waals surface area (Å²) >= 11 is 28.0. The highest BCUT2D eigenvalue weighted by Crippen LogP contribution is 2.45. The monoisotopic (exact) mass is 636 g/mol. The summed E-state index contributed by atoms with van der Waals surface area (Å²) < 4.78 is 6.12. The third-order valence-corrected chi connectivity index (χ3v) is 8.55. The van der Waals surface area contributed by atoms with Crippen molar-refractivity contribution in [2.24, 2.45) is 0 Å². The van der Waals surface area contributed by atoms with Gasteiger partial charge in [-0.1, -0.05) is 82.1 Å². The van der Waals surface area contributed by atoms with E-state index in [1.165, 1.54) is 0 Å². The molecule has 0 saturated carbocycles. The van der Waals surface area contributed by atoms with Crippen LogP contribution in [0.4, 0.5) is 5.69 Å². The Balaban J connectivity index is 1.81. The molecule has 36 heavy (non-hydrogen) atoms. The van der Waals surface area contributed by atoms with Crippen molar-refractivity contribution in [1.29, 1.82) is 0 Å². The summed E-state index contributed by atoms with van der Waals surface area (Å²) in [4.78, 5) is 52.7. The Morgan fingerprint density at radius 1 is 0.972 bits per heavy atom. The third kappa shape index (κ3) is 5.38. The van der Waals surface area contributed by atoms with E-state index in [2.05, 4.69) is 21.2 Å². The first-order chi connectivity index (χ1) is 16.9. The number of carbonyl (C=O) groups is 4. The number of hydrogen-bond acceptors (Lipinski definition) is 5. The minimum Gasteiger partial charge on any atom is -0.454 e. The van der Waals surface area contributed by atoms with Crippen molar-refractivity contribution in [2.75, 3.05) is 11.9 Å². The molecule has 2 aromatic carbocycles. The van der Waals surface area contributed by atoms with Gasteiger partial charge in [-0.15, -0.1) is 0 Å². The number of esters is 1. The molecular formula is C24H21BrCl4N2O5. The minimum atomic E-state index is -1.30. The molecule has 1 aliphatic rings. The lowest BCUT2D eigenvalue weighted by Crippen LogP contribution is -2.46. The van der Waals surface area contributed by atoms with Gasteiger partial charge in [-0.3, -0.25) is 19.3 Å². The van der Waals surface area contributed by atoms with Crippen LogP contribution in [0.3, 0.4) is 0 Å². The molecule has 0 fully saturated rings. The van der Waals surface area contributed by atoms with Crippen LogP contribution in [0, 0.1) is 13.8 Å². The molecule has 7 nitrogen and oxygen atoms in total. The molecule has 0 unspecified atom stereocenters. The van der Waals surface area contributed by atoms with E-state index in [0.717, 1.165) is 20.5 Å². The third-order valence-electron chi connectivity index (χ3n) is 5.89. The maximum Gasteiger partial charge on any atom is 0.329 e. The van der Waals surface area contributed by atoms with Crippen molar-refractivity contribution in [3.8, 4) is 0 Å². The van der Waals surface area contributed by atoms with Gasteiger partial charge in [0.15, 0.2) is 6.61 Å². The maximum absolute atomic E-state index is 13.2. The molecule has 12 heteroatoms. The Kier molecular flexibility index (Phi) is 9.33. The zero-order valence-corrected chi connectivity index (χ0v) is 24.0. The molecule has 192 valence electrons. The second-order valence-corrected chi connectivity index (χ2v) is 10.5. The quantitative estimate of drug-likeness (QED) is 0.145. The lowest BCUT2D eigenvalue weighted by atomic mass is 10.1. The first kappa shape index (κ1) is 28.7. The summed E-state index contributed by atoms with van der Waals surface area (Å²) in [5.74, 6) is -3.18. The molecule has 0 bridgehead atoms. The Morgan fingerprint density at radius 3 is 2.06 bits per heavy atom. The van der Waals surface area contributed by atoms with Crippen LogP contribution in [0.15, 0.2) is 16.6 Å². The normalized spacial score (nSPS) is 13.6. The van der Waals surface area contributed by atoms with Gasteiger partial charge in [-0.05, 0) is 43.5 Å². The number of ether oxygens (including phenoxy) is 1. The van der Waals surface area contributed by atoms with Gasteiger partial charge < -0.3 is 10.1 Å². The van der Waals surface area contributed by atoms with Crippen LogP contribution in [0.2, 0.25) is 20.1 Å². The van der Waals surface area contributed by atoms with Crippen LogP contribution in [-0.2, 0) is 14.3 Å². The average molecular weight is 639 g/mol.